The Morgan fingerprint density at radius 1 is 0.280 bits per heavy atom. The molecule has 5 unspecified atom stereocenters. The normalized spacial score (nSPS) is 14.8. The van der Waals surface area contributed by atoms with Crippen molar-refractivity contribution in [2.75, 3.05) is 39.6 Å². The maximum atomic E-state index is 13.1. The lowest BCUT2D eigenvalue weighted by Crippen LogP contribution is -2.30. The number of hydrogen-bond acceptors (Lipinski definition) is 15. The van der Waals surface area contributed by atoms with E-state index in [1.54, 1.807) is 0 Å². The first-order valence-corrected chi connectivity index (χ1v) is 45.0. The fourth-order valence-corrected chi connectivity index (χ4v) is 14.0. The van der Waals surface area contributed by atoms with Gasteiger partial charge in [-0.1, -0.05) is 370 Å². The number of aliphatic hydroxyl groups is 1. The van der Waals surface area contributed by atoms with Crippen molar-refractivity contribution in [3.63, 3.8) is 0 Å². The summed E-state index contributed by atoms with van der Waals surface area (Å²) in [5, 5.41) is 10.6. The van der Waals surface area contributed by atoms with Gasteiger partial charge in [0, 0.05) is 25.7 Å². The zero-order valence-electron chi connectivity index (χ0n) is 65.7. The molecule has 0 aromatic heterocycles. The van der Waals surface area contributed by atoms with Crippen LogP contribution in [-0.2, 0) is 65.4 Å². The van der Waals surface area contributed by atoms with Crippen LogP contribution >= 0.6 is 15.6 Å². The molecule has 100 heavy (non-hydrogen) atoms. The number of aliphatic hydroxyl groups excluding tert-OH is 1. The summed E-state index contributed by atoms with van der Waals surface area (Å²) in [7, 11) is -9.92. The predicted octanol–water partition coefficient (Wildman–Crippen LogP) is 24.1. The van der Waals surface area contributed by atoms with Crippen molar-refractivity contribution in [3.8, 4) is 0 Å². The molecule has 3 N–H and O–H groups in total. The average molecular weight is 1470 g/mol. The molecule has 0 aliphatic carbocycles. The highest BCUT2D eigenvalue weighted by molar-refractivity contribution is 7.47. The largest absolute Gasteiger partial charge is 0.472 e. The zero-order valence-corrected chi connectivity index (χ0v) is 67.5. The van der Waals surface area contributed by atoms with Crippen LogP contribution in [0.15, 0.2) is 0 Å². The highest BCUT2D eigenvalue weighted by Gasteiger charge is 2.30. The average Bonchev–Trinajstić information content (AvgIpc) is 0.992. The maximum absolute atomic E-state index is 13.1. The van der Waals surface area contributed by atoms with Gasteiger partial charge in [0.15, 0.2) is 12.2 Å². The Kier molecular flexibility index (Phi) is 69.9. The maximum Gasteiger partial charge on any atom is 0.472 e. The van der Waals surface area contributed by atoms with Crippen LogP contribution in [0, 0.1) is 17.8 Å². The van der Waals surface area contributed by atoms with Crippen LogP contribution in [-0.4, -0.2) is 96.7 Å². The summed E-state index contributed by atoms with van der Waals surface area (Å²) in [5.74, 6) is 0.257. The highest BCUT2D eigenvalue weighted by atomic mass is 31.2. The van der Waals surface area contributed by atoms with Crippen LogP contribution in [0.3, 0.4) is 0 Å². The second-order valence-corrected chi connectivity index (χ2v) is 32.8. The summed E-state index contributed by atoms with van der Waals surface area (Å²) < 4.78 is 68.7. The van der Waals surface area contributed by atoms with E-state index >= 15 is 0 Å². The van der Waals surface area contributed by atoms with E-state index in [0.717, 1.165) is 114 Å². The quantitative estimate of drug-likeness (QED) is 0.0222. The SMILES string of the molecule is CCCCCCCCCCCCCCCCCCC(=O)OC[C@H](COP(=O)(O)OC[C@@H](O)COP(=O)(O)OC[C@@H](COC(=O)CCCCCCCCC(C)CC)OC(=O)CCCCCCCCCCC(C)CC)OC(=O)CCCCCCCCCCCCCCCCCCCCC(C)CC. The third-order valence-electron chi connectivity index (χ3n) is 20.0. The minimum atomic E-state index is -4.96. The second kappa shape index (κ2) is 71.3. The Hall–Kier alpha value is -1.94. The van der Waals surface area contributed by atoms with Crippen LogP contribution in [0.1, 0.15) is 421 Å². The molecule has 19 heteroatoms. The fraction of sp³-hybridized carbons (Fsp3) is 0.951. The van der Waals surface area contributed by atoms with Crippen molar-refractivity contribution >= 4 is 39.5 Å². The monoisotopic (exact) mass is 1470 g/mol. The molecule has 0 aromatic carbocycles. The van der Waals surface area contributed by atoms with E-state index in [-0.39, 0.29) is 25.7 Å². The first-order chi connectivity index (χ1) is 48.3. The van der Waals surface area contributed by atoms with Gasteiger partial charge in [0.25, 0.3) is 0 Å². The fourth-order valence-electron chi connectivity index (χ4n) is 12.4. The van der Waals surface area contributed by atoms with E-state index in [4.69, 9.17) is 37.0 Å². The molecule has 0 amide bonds. The number of esters is 4. The Labute approximate surface area is 613 Å². The summed E-state index contributed by atoms with van der Waals surface area (Å²) >= 11 is 0. The van der Waals surface area contributed by atoms with Gasteiger partial charge in [-0.15, -0.1) is 0 Å². The highest BCUT2D eigenvalue weighted by Crippen LogP contribution is 2.45. The molecular formula is C81H158O17P2. The van der Waals surface area contributed by atoms with Gasteiger partial charge in [-0.05, 0) is 43.4 Å². The minimum Gasteiger partial charge on any atom is -0.462 e. The molecule has 0 saturated heterocycles. The van der Waals surface area contributed by atoms with Gasteiger partial charge in [-0.25, -0.2) is 9.13 Å². The van der Waals surface area contributed by atoms with Crippen molar-refractivity contribution in [3.05, 3.63) is 0 Å². The van der Waals surface area contributed by atoms with Gasteiger partial charge >= 0.3 is 39.5 Å². The van der Waals surface area contributed by atoms with Gasteiger partial charge in [0.05, 0.1) is 26.4 Å². The molecule has 0 spiro atoms. The number of carbonyl (C=O) groups is 4. The Morgan fingerprint density at radius 3 is 0.710 bits per heavy atom. The molecule has 17 nitrogen and oxygen atoms in total. The number of rotatable bonds is 79. The van der Waals surface area contributed by atoms with Crippen LogP contribution in [0.4, 0.5) is 0 Å². The number of unbranched alkanes of at least 4 members (excludes halogenated alkanes) is 44. The number of hydrogen-bond donors (Lipinski definition) is 3. The Morgan fingerprint density at radius 2 is 0.480 bits per heavy atom. The number of phosphoric ester groups is 2. The molecule has 0 aromatic rings. The number of carbonyl (C=O) groups excluding carboxylic acids is 4. The summed E-state index contributed by atoms with van der Waals surface area (Å²) in [5.41, 5.74) is 0. The van der Waals surface area contributed by atoms with Crippen molar-refractivity contribution in [2.45, 2.75) is 439 Å². The van der Waals surface area contributed by atoms with Crippen LogP contribution in [0.25, 0.3) is 0 Å². The predicted molar refractivity (Wildman–Crippen MR) is 409 cm³/mol. The van der Waals surface area contributed by atoms with E-state index in [1.165, 1.54) is 225 Å². The summed E-state index contributed by atoms with van der Waals surface area (Å²) in [6, 6.07) is 0. The van der Waals surface area contributed by atoms with Crippen molar-refractivity contribution in [1.29, 1.82) is 0 Å². The topological polar surface area (TPSA) is 237 Å². The lowest BCUT2D eigenvalue weighted by Gasteiger charge is -2.21. The van der Waals surface area contributed by atoms with Gasteiger partial charge in [0.2, 0.25) is 0 Å². The van der Waals surface area contributed by atoms with Gasteiger partial charge in [0.1, 0.15) is 19.3 Å². The molecule has 594 valence electrons. The lowest BCUT2D eigenvalue weighted by atomic mass is 9.99. The molecule has 8 atom stereocenters. The molecule has 0 saturated carbocycles. The van der Waals surface area contributed by atoms with E-state index < -0.39 is 97.5 Å². The van der Waals surface area contributed by atoms with Gasteiger partial charge < -0.3 is 33.8 Å². The lowest BCUT2D eigenvalue weighted by molar-refractivity contribution is -0.161. The first kappa shape index (κ1) is 98.1. The second-order valence-electron chi connectivity index (χ2n) is 29.9. The molecular weight excluding hydrogens is 1310 g/mol. The molecule has 0 rings (SSSR count). The molecule has 0 radical (unpaired) electrons. The van der Waals surface area contributed by atoms with E-state index in [9.17, 15) is 43.2 Å². The third-order valence-corrected chi connectivity index (χ3v) is 21.9. The molecule has 0 aliphatic heterocycles. The van der Waals surface area contributed by atoms with Crippen molar-refractivity contribution < 1.29 is 80.2 Å². The van der Waals surface area contributed by atoms with E-state index in [1.807, 2.05) is 0 Å². The van der Waals surface area contributed by atoms with Crippen LogP contribution < -0.4 is 0 Å². The molecule has 0 heterocycles. The molecule has 0 fully saturated rings. The minimum absolute atomic E-state index is 0.104. The smallest absolute Gasteiger partial charge is 0.462 e. The zero-order chi connectivity index (χ0) is 73.7. The molecule has 0 aliphatic rings. The molecule has 0 bridgehead atoms. The van der Waals surface area contributed by atoms with Crippen molar-refractivity contribution in [1.82, 2.24) is 0 Å². The summed E-state index contributed by atoms with van der Waals surface area (Å²) in [6.45, 7) is 12.0. The number of ether oxygens (including phenoxy) is 4. The van der Waals surface area contributed by atoms with Gasteiger partial charge in [-0.3, -0.25) is 37.3 Å². The Bertz CT molecular complexity index is 1950. The Balaban J connectivity index is 5.22. The van der Waals surface area contributed by atoms with Gasteiger partial charge in [-0.2, -0.15) is 0 Å². The van der Waals surface area contributed by atoms with E-state index in [0.29, 0.717) is 25.7 Å². The van der Waals surface area contributed by atoms with Crippen LogP contribution in [0.2, 0.25) is 0 Å². The van der Waals surface area contributed by atoms with Crippen molar-refractivity contribution in [2.24, 2.45) is 17.8 Å². The summed E-state index contributed by atoms with van der Waals surface area (Å²) in [6.07, 6.45) is 59.7. The van der Waals surface area contributed by atoms with E-state index in [2.05, 4.69) is 48.5 Å². The standard InChI is InChI=1S/C81H158O17P2/c1-8-12-13-14-15-16-17-18-19-25-28-31-34-40-48-55-62-78(83)91-68-76(97-80(85)64-57-50-41-35-32-29-26-23-21-20-22-24-27-30-33-38-45-52-59-72(5)9-2)70-95-99(87,88)93-66-75(82)67-94-100(89,90)96-71-77(69-92-79(84)63-56-49-44-43-47-54-61-74(7)11-4)98-81(86)65-58-51-42-37-36-39-46-53-60-73(6)10-3/h72-77,82H,8-71H2,1-7H3,(H,87,88)(H,89,90)/t72?,73?,74?,75-,76-,77-/m1/s1. The summed E-state index contributed by atoms with van der Waals surface area (Å²) in [4.78, 5) is 73.0. The van der Waals surface area contributed by atoms with Crippen LogP contribution in [0.5, 0.6) is 0 Å². The number of phosphoric acid groups is 2. The first-order valence-electron chi connectivity index (χ1n) is 42.0. The third kappa shape index (κ3) is 70.4.